The lowest BCUT2D eigenvalue weighted by Gasteiger charge is -2.39. The molecule has 0 aromatic heterocycles. The van der Waals surface area contributed by atoms with Crippen LogP contribution in [0.25, 0.3) is 0 Å². The van der Waals surface area contributed by atoms with E-state index in [2.05, 4.69) is 10.6 Å². The van der Waals surface area contributed by atoms with Crippen molar-refractivity contribution in [3.05, 3.63) is 65.7 Å². The van der Waals surface area contributed by atoms with Gasteiger partial charge in [-0.1, -0.05) is 42.5 Å². The second kappa shape index (κ2) is 8.77. The maximum absolute atomic E-state index is 13.2. The molecule has 2 aromatic rings. The Labute approximate surface area is 173 Å². The Bertz CT molecular complexity index is 902. The fourth-order valence-corrected chi connectivity index (χ4v) is 3.62. The van der Waals surface area contributed by atoms with Crippen LogP contribution in [0.5, 0.6) is 0 Å². The molecule has 160 valence electrons. The normalized spacial score (nSPS) is 19.3. The zero-order chi connectivity index (χ0) is 21.8. The van der Waals surface area contributed by atoms with Crippen LogP contribution in [-0.2, 0) is 17.5 Å². The molecule has 1 atom stereocenters. The molecule has 0 radical (unpaired) electrons. The van der Waals surface area contributed by atoms with E-state index in [1.807, 2.05) is 30.3 Å². The minimum Gasteiger partial charge on any atom is -0.351 e. The van der Waals surface area contributed by atoms with E-state index in [9.17, 15) is 22.8 Å². The summed E-state index contributed by atoms with van der Waals surface area (Å²) in [5, 5.41) is 5.26. The molecule has 3 amide bonds. The van der Waals surface area contributed by atoms with Crippen LogP contribution in [0.1, 0.15) is 30.9 Å². The topological polar surface area (TPSA) is 61.4 Å². The zero-order valence-corrected chi connectivity index (χ0v) is 16.6. The highest BCUT2D eigenvalue weighted by Crippen LogP contribution is 2.35. The van der Waals surface area contributed by atoms with Crippen LogP contribution in [0.15, 0.2) is 54.6 Å². The number of alkyl halides is 3. The summed E-state index contributed by atoms with van der Waals surface area (Å²) in [6.07, 6.45) is -3.39. The Hall–Kier alpha value is -3.03. The van der Waals surface area contributed by atoms with Crippen LogP contribution in [0.2, 0.25) is 0 Å². The number of benzene rings is 2. The van der Waals surface area contributed by atoms with E-state index in [1.165, 1.54) is 23.1 Å². The first-order chi connectivity index (χ1) is 14.2. The molecule has 0 aliphatic carbocycles. The molecule has 1 aliphatic heterocycles. The van der Waals surface area contributed by atoms with Gasteiger partial charge in [-0.05, 0) is 37.5 Å². The van der Waals surface area contributed by atoms with Crippen LogP contribution in [0.4, 0.5) is 23.7 Å². The number of hydrogen-bond acceptors (Lipinski definition) is 2. The lowest BCUT2D eigenvalue weighted by atomic mass is 9.81. The van der Waals surface area contributed by atoms with Crippen molar-refractivity contribution in [2.75, 3.05) is 18.4 Å². The Kier molecular flexibility index (Phi) is 6.34. The molecular weight excluding hydrogens is 395 g/mol. The average Bonchev–Trinajstić information content (AvgIpc) is 2.72. The lowest BCUT2D eigenvalue weighted by Crippen LogP contribution is -2.52. The van der Waals surface area contributed by atoms with Crippen molar-refractivity contribution in [1.82, 2.24) is 10.2 Å². The maximum atomic E-state index is 13.2. The monoisotopic (exact) mass is 419 g/mol. The molecule has 1 fully saturated rings. The van der Waals surface area contributed by atoms with Crippen LogP contribution >= 0.6 is 0 Å². The highest BCUT2D eigenvalue weighted by atomic mass is 19.4. The van der Waals surface area contributed by atoms with E-state index >= 15 is 0 Å². The molecule has 30 heavy (non-hydrogen) atoms. The standard InChI is InChI=1S/C22H24F3N3O2/c1-21(19(29)26-14-16-8-3-2-4-9-16)12-7-13-28(15-21)20(30)27-18-11-6-5-10-17(18)22(23,24)25/h2-6,8-11H,7,12-15H2,1H3,(H,26,29)(H,27,30)/t21-/m1/s1. The van der Waals surface area contributed by atoms with Crippen molar-refractivity contribution in [2.24, 2.45) is 5.41 Å². The number of anilines is 1. The quantitative estimate of drug-likeness (QED) is 0.758. The summed E-state index contributed by atoms with van der Waals surface area (Å²) in [6, 6.07) is 13.7. The number of rotatable bonds is 4. The van der Waals surface area contributed by atoms with Gasteiger partial charge < -0.3 is 15.5 Å². The largest absolute Gasteiger partial charge is 0.418 e. The van der Waals surface area contributed by atoms with E-state index < -0.39 is 23.2 Å². The number of nitrogens with one attached hydrogen (secondary N) is 2. The second-order valence-corrected chi connectivity index (χ2v) is 7.73. The van der Waals surface area contributed by atoms with Gasteiger partial charge in [0.15, 0.2) is 0 Å². The molecule has 0 unspecified atom stereocenters. The van der Waals surface area contributed by atoms with Crippen molar-refractivity contribution in [3.8, 4) is 0 Å². The predicted molar refractivity (Wildman–Crippen MR) is 108 cm³/mol. The number of likely N-dealkylation sites (tertiary alicyclic amines) is 1. The predicted octanol–water partition coefficient (Wildman–Crippen LogP) is 4.66. The summed E-state index contributed by atoms with van der Waals surface area (Å²) in [4.78, 5) is 26.8. The highest BCUT2D eigenvalue weighted by Gasteiger charge is 2.40. The van der Waals surface area contributed by atoms with E-state index in [0.717, 1.165) is 11.6 Å². The molecule has 1 heterocycles. The summed E-state index contributed by atoms with van der Waals surface area (Å²) >= 11 is 0. The molecule has 1 aliphatic rings. The first kappa shape index (κ1) is 21.7. The van der Waals surface area contributed by atoms with Gasteiger partial charge in [0.1, 0.15) is 0 Å². The van der Waals surface area contributed by atoms with Crippen LogP contribution in [-0.4, -0.2) is 29.9 Å². The van der Waals surface area contributed by atoms with Gasteiger partial charge in [-0.15, -0.1) is 0 Å². The number of nitrogens with zero attached hydrogens (tertiary/aromatic N) is 1. The summed E-state index contributed by atoms with van der Waals surface area (Å²) in [5.74, 6) is -0.181. The molecule has 2 aromatic carbocycles. The molecule has 1 saturated heterocycles. The molecule has 2 N–H and O–H groups in total. The molecule has 0 saturated carbocycles. The van der Waals surface area contributed by atoms with Crippen molar-refractivity contribution >= 4 is 17.6 Å². The van der Waals surface area contributed by atoms with Crippen LogP contribution in [0, 0.1) is 5.41 Å². The first-order valence-electron chi connectivity index (χ1n) is 9.73. The van der Waals surface area contributed by atoms with Gasteiger partial charge in [-0.3, -0.25) is 4.79 Å². The molecule has 0 bridgehead atoms. The average molecular weight is 419 g/mol. The van der Waals surface area contributed by atoms with Gasteiger partial charge in [-0.25, -0.2) is 4.79 Å². The number of halogens is 3. The molecule has 3 rings (SSSR count). The van der Waals surface area contributed by atoms with Gasteiger partial charge >= 0.3 is 12.2 Å². The Morgan fingerprint density at radius 2 is 1.73 bits per heavy atom. The number of piperidine rings is 1. The van der Waals surface area contributed by atoms with Crippen molar-refractivity contribution in [3.63, 3.8) is 0 Å². The van der Waals surface area contributed by atoms with Gasteiger partial charge in [-0.2, -0.15) is 13.2 Å². The number of carbonyl (C=O) groups excluding carboxylic acids is 2. The highest BCUT2D eigenvalue weighted by molar-refractivity contribution is 5.91. The third-order valence-electron chi connectivity index (χ3n) is 5.30. The number of para-hydroxylation sites is 1. The van der Waals surface area contributed by atoms with Gasteiger partial charge in [0.05, 0.1) is 16.7 Å². The summed E-state index contributed by atoms with van der Waals surface area (Å²) in [6.45, 7) is 2.66. The second-order valence-electron chi connectivity index (χ2n) is 7.73. The first-order valence-corrected chi connectivity index (χ1v) is 9.73. The van der Waals surface area contributed by atoms with Gasteiger partial charge in [0.25, 0.3) is 0 Å². The summed E-state index contributed by atoms with van der Waals surface area (Å²) in [5.41, 5.74) is -1.05. The fourth-order valence-electron chi connectivity index (χ4n) is 3.62. The van der Waals surface area contributed by atoms with Crippen molar-refractivity contribution < 1.29 is 22.8 Å². The minimum atomic E-state index is -4.57. The van der Waals surface area contributed by atoms with Crippen molar-refractivity contribution in [2.45, 2.75) is 32.5 Å². The number of hydrogen-bond donors (Lipinski definition) is 2. The Morgan fingerprint density at radius 1 is 1.07 bits per heavy atom. The molecule has 0 spiro atoms. The summed E-state index contributed by atoms with van der Waals surface area (Å²) < 4.78 is 39.5. The maximum Gasteiger partial charge on any atom is 0.418 e. The number of urea groups is 1. The smallest absolute Gasteiger partial charge is 0.351 e. The van der Waals surface area contributed by atoms with E-state index in [-0.39, 0.29) is 18.1 Å². The molecule has 8 heteroatoms. The third-order valence-corrected chi connectivity index (χ3v) is 5.30. The third kappa shape index (κ3) is 5.11. The number of amides is 3. The Balaban J connectivity index is 1.65. The lowest BCUT2D eigenvalue weighted by molar-refractivity contribution is -0.137. The SMILES string of the molecule is C[C@@]1(C(=O)NCc2ccccc2)CCCN(C(=O)Nc2ccccc2C(F)(F)F)C1. The molecule has 5 nitrogen and oxygen atoms in total. The van der Waals surface area contributed by atoms with E-state index in [1.54, 1.807) is 6.92 Å². The van der Waals surface area contributed by atoms with Gasteiger partial charge in [0.2, 0.25) is 5.91 Å². The van der Waals surface area contributed by atoms with Gasteiger partial charge in [0, 0.05) is 19.6 Å². The number of carbonyl (C=O) groups is 2. The Morgan fingerprint density at radius 3 is 2.43 bits per heavy atom. The summed E-state index contributed by atoms with van der Waals surface area (Å²) in [7, 11) is 0. The van der Waals surface area contributed by atoms with E-state index in [0.29, 0.717) is 25.9 Å². The van der Waals surface area contributed by atoms with Crippen molar-refractivity contribution in [1.29, 1.82) is 0 Å². The van der Waals surface area contributed by atoms with Crippen LogP contribution < -0.4 is 10.6 Å². The molecular formula is C22H24F3N3O2. The zero-order valence-electron chi connectivity index (χ0n) is 16.6. The van der Waals surface area contributed by atoms with Crippen LogP contribution in [0.3, 0.4) is 0 Å². The van der Waals surface area contributed by atoms with E-state index in [4.69, 9.17) is 0 Å². The minimum absolute atomic E-state index is 0.133. The fraction of sp³-hybridized carbons (Fsp3) is 0.364.